The predicted octanol–water partition coefficient (Wildman–Crippen LogP) is 3.06. The van der Waals surface area contributed by atoms with Gasteiger partial charge in [-0.2, -0.15) is 5.10 Å². The number of hydrogen-bond acceptors (Lipinski definition) is 3. The molecule has 3 aromatic rings. The predicted molar refractivity (Wildman–Crippen MR) is 75.7 cm³/mol. The van der Waals surface area contributed by atoms with E-state index in [2.05, 4.69) is 21.6 Å². The van der Waals surface area contributed by atoms with Gasteiger partial charge in [-0.1, -0.05) is 0 Å². The first-order valence-electron chi connectivity index (χ1n) is 6.39. The Balaban J connectivity index is 2.02. The number of nitrogens with zero attached hydrogens (tertiary/aromatic N) is 3. The minimum absolute atomic E-state index is 0.740. The number of furan rings is 1. The summed E-state index contributed by atoms with van der Waals surface area (Å²) in [6.07, 6.45) is 2.52. The Bertz CT molecular complexity index is 748. The summed E-state index contributed by atoms with van der Waals surface area (Å²) in [6, 6.07) is 3.89. The molecule has 5 nitrogen and oxygen atoms in total. The first kappa shape index (κ1) is 12.2. The lowest BCUT2D eigenvalue weighted by Crippen LogP contribution is -2.06. The van der Waals surface area contributed by atoms with Gasteiger partial charge in [-0.3, -0.25) is 0 Å². The van der Waals surface area contributed by atoms with Gasteiger partial charge in [-0.25, -0.2) is 4.68 Å². The topological polar surface area (TPSA) is 51.7 Å². The van der Waals surface area contributed by atoms with Gasteiger partial charge in [0.15, 0.2) is 10.4 Å². The van der Waals surface area contributed by atoms with Gasteiger partial charge < -0.3 is 14.0 Å². The summed E-state index contributed by atoms with van der Waals surface area (Å²) in [4.78, 5) is 3.24. The zero-order chi connectivity index (χ0) is 13.4. The molecular weight excluding hydrogens is 260 g/mol. The van der Waals surface area contributed by atoms with Crippen molar-refractivity contribution in [3.63, 3.8) is 0 Å². The van der Waals surface area contributed by atoms with Crippen molar-refractivity contribution in [2.75, 3.05) is 0 Å². The molecule has 3 rings (SSSR count). The first-order chi connectivity index (χ1) is 9.20. The minimum Gasteiger partial charge on any atom is -0.469 e. The highest BCUT2D eigenvalue weighted by molar-refractivity contribution is 7.71. The van der Waals surface area contributed by atoms with Crippen LogP contribution < -0.4 is 0 Å². The van der Waals surface area contributed by atoms with Crippen LogP contribution in [0.25, 0.3) is 11.2 Å². The number of hydrogen-bond donors (Lipinski definition) is 1. The molecule has 1 N–H and O–H groups in total. The molecule has 0 amide bonds. The second-order valence-electron chi connectivity index (χ2n) is 4.51. The van der Waals surface area contributed by atoms with Crippen molar-refractivity contribution in [1.29, 1.82) is 0 Å². The highest BCUT2D eigenvalue weighted by Crippen LogP contribution is 2.18. The smallest absolute Gasteiger partial charge is 0.179 e. The van der Waals surface area contributed by atoms with Gasteiger partial charge in [-0.05, 0) is 38.2 Å². The molecule has 0 saturated carbocycles. The average molecular weight is 276 g/mol. The lowest BCUT2D eigenvalue weighted by Gasteiger charge is -2.04. The third kappa shape index (κ3) is 2.02. The van der Waals surface area contributed by atoms with E-state index in [4.69, 9.17) is 16.6 Å². The Labute approximate surface area is 115 Å². The molecule has 0 aliphatic carbocycles. The molecule has 19 heavy (non-hydrogen) atoms. The second-order valence-corrected chi connectivity index (χ2v) is 4.90. The standard InChI is InChI=1S/C13H16N4OS/c1-3-17-12-11(9(2)15-17)14-13(19)16(12)7-6-10-5-4-8-18-10/h4-5,8H,3,6-7H2,1-2H3,(H,14,19). The molecule has 0 aliphatic heterocycles. The van der Waals surface area contributed by atoms with E-state index in [-0.39, 0.29) is 0 Å². The maximum atomic E-state index is 5.40. The summed E-state index contributed by atoms with van der Waals surface area (Å²) >= 11 is 5.40. The van der Waals surface area contributed by atoms with Crippen LogP contribution in [0.5, 0.6) is 0 Å². The van der Waals surface area contributed by atoms with Crippen molar-refractivity contribution in [3.05, 3.63) is 34.6 Å². The summed E-state index contributed by atoms with van der Waals surface area (Å²) in [5.41, 5.74) is 3.09. The maximum absolute atomic E-state index is 5.40. The van der Waals surface area contributed by atoms with Crippen LogP contribution in [0.3, 0.4) is 0 Å². The van der Waals surface area contributed by atoms with Crippen molar-refractivity contribution in [3.8, 4) is 0 Å². The molecule has 0 saturated heterocycles. The number of aromatic amines is 1. The summed E-state index contributed by atoms with van der Waals surface area (Å²) < 4.78 is 10.2. The van der Waals surface area contributed by atoms with Crippen LogP contribution in [0.2, 0.25) is 0 Å². The molecule has 0 atom stereocenters. The Morgan fingerprint density at radius 2 is 2.32 bits per heavy atom. The third-order valence-corrected chi connectivity index (χ3v) is 3.62. The van der Waals surface area contributed by atoms with Crippen LogP contribution >= 0.6 is 12.2 Å². The molecule has 0 radical (unpaired) electrons. The Kier molecular flexibility index (Phi) is 3.02. The van der Waals surface area contributed by atoms with Crippen LogP contribution in [0.15, 0.2) is 22.8 Å². The zero-order valence-corrected chi connectivity index (χ0v) is 11.8. The molecule has 0 aromatic carbocycles. The highest BCUT2D eigenvalue weighted by Gasteiger charge is 2.13. The molecule has 0 spiro atoms. The Hall–Kier alpha value is -1.82. The van der Waals surface area contributed by atoms with Gasteiger partial charge in [-0.15, -0.1) is 0 Å². The van der Waals surface area contributed by atoms with E-state index < -0.39 is 0 Å². The van der Waals surface area contributed by atoms with Crippen LogP contribution in [0.4, 0.5) is 0 Å². The normalized spacial score (nSPS) is 11.5. The van der Waals surface area contributed by atoms with Crippen molar-refractivity contribution in [1.82, 2.24) is 19.3 Å². The lowest BCUT2D eigenvalue weighted by atomic mass is 10.3. The molecule has 3 aromatic heterocycles. The van der Waals surface area contributed by atoms with Crippen LogP contribution in [0.1, 0.15) is 18.4 Å². The largest absolute Gasteiger partial charge is 0.469 e. The van der Waals surface area contributed by atoms with Crippen molar-refractivity contribution >= 4 is 23.4 Å². The Morgan fingerprint density at radius 1 is 1.47 bits per heavy atom. The minimum atomic E-state index is 0.740. The van der Waals surface area contributed by atoms with Crippen LogP contribution in [0, 0.1) is 11.7 Å². The summed E-state index contributed by atoms with van der Waals surface area (Å²) in [7, 11) is 0. The molecule has 6 heteroatoms. The van der Waals surface area contributed by atoms with Gasteiger partial charge >= 0.3 is 0 Å². The number of nitrogens with one attached hydrogen (secondary N) is 1. The van der Waals surface area contributed by atoms with Gasteiger partial charge in [0.05, 0.1) is 12.0 Å². The number of fused-ring (bicyclic) bond motifs is 1. The van der Waals surface area contributed by atoms with Gasteiger partial charge in [0.1, 0.15) is 11.3 Å². The second kappa shape index (κ2) is 4.70. The third-order valence-electron chi connectivity index (χ3n) is 3.29. The van der Waals surface area contributed by atoms with E-state index in [0.717, 1.165) is 46.9 Å². The van der Waals surface area contributed by atoms with Gasteiger partial charge in [0.25, 0.3) is 0 Å². The van der Waals surface area contributed by atoms with E-state index in [1.165, 1.54) is 0 Å². The number of imidazole rings is 1. The quantitative estimate of drug-likeness (QED) is 0.745. The lowest BCUT2D eigenvalue weighted by molar-refractivity contribution is 0.490. The molecule has 0 fully saturated rings. The first-order valence-corrected chi connectivity index (χ1v) is 6.80. The highest BCUT2D eigenvalue weighted by atomic mass is 32.1. The SMILES string of the molecule is CCn1nc(C)c2[nH]c(=S)n(CCc3ccco3)c21. The van der Waals surface area contributed by atoms with E-state index in [1.54, 1.807) is 6.26 Å². The maximum Gasteiger partial charge on any atom is 0.179 e. The van der Waals surface area contributed by atoms with Crippen molar-refractivity contribution in [2.45, 2.75) is 33.4 Å². The van der Waals surface area contributed by atoms with E-state index in [0.29, 0.717) is 0 Å². The van der Waals surface area contributed by atoms with E-state index in [9.17, 15) is 0 Å². The fourth-order valence-corrected chi connectivity index (χ4v) is 2.65. The van der Waals surface area contributed by atoms with Gasteiger partial charge in [0, 0.05) is 19.5 Å². The fourth-order valence-electron chi connectivity index (χ4n) is 2.37. The molecular formula is C13H16N4OS. The Morgan fingerprint density at radius 3 is 3.00 bits per heavy atom. The van der Waals surface area contributed by atoms with E-state index >= 15 is 0 Å². The fraction of sp³-hybridized carbons (Fsp3) is 0.385. The van der Waals surface area contributed by atoms with E-state index in [1.807, 2.05) is 23.7 Å². The summed E-state index contributed by atoms with van der Waals surface area (Å²) in [6.45, 7) is 5.70. The van der Waals surface area contributed by atoms with Crippen molar-refractivity contribution in [2.24, 2.45) is 0 Å². The molecule has 0 unspecified atom stereocenters. The molecule has 3 heterocycles. The molecule has 0 aliphatic rings. The molecule has 100 valence electrons. The number of rotatable bonds is 4. The molecule has 0 bridgehead atoms. The average Bonchev–Trinajstić information content (AvgIpc) is 3.06. The number of aromatic nitrogens is 4. The number of H-pyrrole nitrogens is 1. The van der Waals surface area contributed by atoms with Crippen LogP contribution in [-0.4, -0.2) is 19.3 Å². The van der Waals surface area contributed by atoms with Gasteiger partial charge in [0.2, 0.25) is 0 Å². The number of aryl methyl sites for hydroxylation is 4. The monoisotopic (exact) mass is 276 g/mol. The van der Waals surface area contributed by atoms with Crippen LogP contribution in [-0.2, 0) is 19.5 Å². The van der Waals surface area contributed by atoms with Crippen molar-refractivity contribution < 1.29 is 4.42 Å². The summed E-state index contributed by atoms with van der Waals surface area (Å²) in [5.74, 6) is 0.968. The summed E-state index contributed by atoms with van der Waals surface area (Å²) in [5, 5.41) is 4.51. The zero-order valence-electron chi connectivity index (χ0n) is 11.0.